The first-order chi connectivity index (χ1) is 20.8. The van der Waals surface area contributed by atoms with Crippen LogP contribution in [0.5, 0.6) is 5.75 Å². The van der Waals surface area contributed by atoms with Crippen molar-refractivity contribution >= 4 is 49.4 Å². The molecule has 2 unspecified atom stereocenters. The molecule has 2 aromatic rings. The molecule has 21 heteroatoms. The number of aliphatic carboxylic acids is 1. The molecule has 18 nitrogen and oxygen atoms in total. The van der Waals surface area contributed by atoms with Gasteiger partial charge in [-0.25, -0.2) is 24.3 Å². The van der Waals surface area contributed by atoms with Crippen molar-refractivity contribution in [1.29, 1.82) is 0 Å². The van der Waals surface area contributed by atoms with E-state index >= 15 is 0 Å². The highest BCUT2D eigenvalue weighted by Gasteiger charge is 2.69. The molecule has 1 aromatic carbocycles. The third-order valence-corrected chi connectivity index (χ3v) is 12.3. The van der Waals surface area contributed by atoms with E-state index in [9.17, 15) is 28.9 Å². The zero-order valence-corrected chi connectivity index (χ0v) is 26.8. The summed E-state index contributed by atoms with van der Waals surface area (Å²) in [5.74, 6) is -1.03. The van der Waals surface area contributed by atoms with Gasteiger partial charge in [-0.2, -0.15) is 0 Å². The van der Waals surface area contributed by atoms with Gasteiger partial charge in [0.25, 0.3) is 5.08 Å². The SMILES string of the molecule is COOP(=O)(OOC)C(O)(CN1CCN(c2cc(Cl)c3c(=O)ccn4c3c2OC(C(=O)O)C4C)CC1)P(=O)(OOC)OOC. The lowest BCUT2D eigenvalue weighted by molar-refractivity contribution is -0.264. The Morgan fingerprint density at radius 3 is 2.02 bits per heavy atom. The van der Waals surface area contributed by atoms with Crippen LogP contribution >= 0.6 is 26.8 Å². The van der Waals surface area contributed by atoms with E-state index in [1.54, 1.807) is 11.5 Å². The van der Waals surface area contributed by atoms with Crippen molar-refractivity contribution in [3.63, 3.8) is 0 Å². The molecule has 2 N–H and O–H groups in total. The molecule has 0 bridgehead atoms. The van der Waals surface area contributed by atoms with Crippen LogP contribution in [0, 0.1) is 0 Å². The molecule has 0 amide bonds. The van der Waals surface area contributed by atoms with Gasteiger partial charge in [-0.1, -0.05) is 11.6 Å². The molecule has 2 atom stereocenters. The molecule has 0 saturated carbocycles. The lowest BCUT2D eigenvalue weighted by atomic mass is 10.0. The van der Waals surface area contributed by atoms with Gasteiger partial charge in [0.2, 0.25) is 6.10 Å². The lowest BCUT2D eigenvalue weighted by Crippen LogP contribution is -2.52. The fourth-order valence-electron chi connectivity index (χ4n) is 5.14. The number of benzene rings is 1. The number of hydrogen-bond donors (Lipinski definition) is 2. The molecule has 2 aliphatic heterocycles. The van der Waals surface area contributed by atoms with Crippen LogP contribution in [0.2, 0.25) is 5.02 Å². The van der Waals surface area contributed by atoms with Crippen LogP contribution in [0.4, 0.5) is 5.69 Å². The first-order valence-corrected chi connectivity index (χ1v) is 16.3. The summed E-state index contributed by atoms with van der Waals surface area (Å²) in [7, 11) is -6.31. The molecule has 0 aliphatic carbocycles. The van der Waals surface area contributed by atoms with Gasteiger partial charge >= 0.3 is 21.2 Å². The average molecular weight is 688 g/mol. The third kappa shape index (κ3) is 6.03. The van der Waals surface area contributed by atoms with Crippen molar-refractivity contribution < 1.29 is 67.1 Å². The number of ether oxygens (including phenoxy) is 1. The number of β-amino-alcohol motifs (C(OH)–C–C–N with tert-alkyl or cyclic N) is 1. The summed E-state index contributed by atoms with van der Waals surface area (Å²) >= 11 is 6.57. The lowest BCUT2D eigenvalue weighted by Gasteiger charge is -2.42. The highest BCUT2D eigenvalue weighted by atomic mass is 35.5. The minimum atomic E-state index is -5.08. The third-order valence-electron chi connectivity index (χ3n) is 7.16. The number of hydrogen-bond acceptors (Lipinski definition) is 16. The molecule has 1 saturated heterocycles. The van der Waals surface area contributed by atoms with Gasteiger partial charge in [-0.15, -0.1) is 18.7 Å². The first-order valence-electron chi connectivity index (χ1n) is 12.9. The first kappa shape index (κ1) is 34.7. The summed E-state index contributed by atoms with van der Waals surface area (Å²) in [5, 5.41) is 18.7. The van der Waals surface area contributed by atoms with Crippen molar-refractivity contribution in [2.45, 2.75) is 24.2 Å². The number of aliphatic hydroxyl groups is 1. The van der Waals surface area contributed by atoms with E-state index in [-0.39, 0.29) is 47.8 Å². The normalized spacial score (nSPS) is 19.8. The number of aromatic nitrogens is 1. The molecule has 4 rings (SSSR count). The summed E-state index contributed by atoms with van der Waals surface area (Å²) < 4.78 is 53.9. The average Bonchev–Trinajstić information content (AvgIpc) is 2.96. The summed E-state index contributed by atoms with van der Waals surface area (Å²) in [4.78, 5) is 46.1. The van der Waals surface area contributed by atoms with Crippen molar-refractivity contribution in [2.75, 3.05) is 66.1 Å². The molecular weight excluding hydrogens is 656 g/mol. The minimum Gasteiger partial charge on any atom is -0.478 e. The van der Waals surface area contributed by atoms with Crippen LogP contribution in [0.3, 0.4) is 0 Å². The maximum absolute atomic E-state index is 13.7. The smallest absolute Gasteiger partial charge is 0.429 e. The molecule has 0 radical (unpaired) electrons. The number of halogens is 1. The van der Waals surface area contributed by atoms with Crippen LogP contribution in [0.15, 0.2) is 23.1 Å². The standard InChI is InChI=1S/C23H32ClN3O15P2/c1-14-20(22(29)30)38-21-16(12-15(24)18-17(28)6-7-27(14)19(18)21)26-10-8-25(9-11-26)13-23(31,43(32,39-34-2)40-35-3)44(33,41-36-4)42-37-5/h6-7,12,14,20,31H,8-11,13H2,1-5H3,(H,29,30). The summed E-state index contributed by atoms with van der Waals surface area (Å²) in [5.41, 5.74) is 0.414. The molecule has 1 fully saturated rings. The second-order valence-electron chi connectivity index (χ2n) is 9.63. The highest BCUT2D eigenvalue weighted by molar-refractivity contribution is 7.73. The van der Waals surface area contributed by atoms with Gasteiger partial charge in [0.15, 0.2) is 11.2 Å². The Labute approximate surface area is 255 Å². The number of pyridine rings is 1. The van der Waals surface area contributed by atoms with Gasteiger partial charge in [-0.05, 0) is 13.0 Å². The van der Waals surface area contributed by atoms with Gasteiger partial charge in [-0.3, -0.25) is 18.8 Å². The van der Waals surface area contributed by atoms with Crippen LogP contribution in [-0.2, 0) is 52.2 Å². The molecule has 0 spiro atoms. The summed E-state index contributed by atoms with van der Waals surface area (Å²) in [6.45, 7) is 1.54. The summed E-state index contributed by atoms with van der Waals surface area (Å²) in [6, 6.07) is 2.19. The monoisotopic (exact) mass is 687 g/mol. The van der Waals surface area contributed by atoms with Gasteiger partial charge in [0.1, 0.15) is 0 Å². The van der Waals surface area contributed by atoms with E-state index in [1.807, 2.05) is 4.90 Å². The quantitative estimate of drug-likeness (QED) is 0.166. The number of carbonyl (C=O) groups is 1. The molecule has 1 aromatic heterocycles. The molecule has 2 aliphatic rings. The maximum atomic E-state index is 13.7. The molecule has 44 heavy (non-hydrogen) atoms. The predicted molar refractivity (Wildman–Crippen MR) is 151 cm³/mol. The number of nitrogens with zero attached hydrogens (tertiary/aromatic N) is 3. The van der Waals surface area contributed by atoms with E-state index in [4.69, 9.17) is 35.0 Å². The Morgan fingerprint density at radius 1 is 1.02 bits per heavy atom. The Hall–Kier alpha value is -2.15. The number of carboxylic acid groups (broad SMARTS) is 1. The Bertz CT molecular complexity index is 1480. The van der Waals surface area contributed by atoms with Gasteiger partial charge in [0, 0.05) is 38.4 Å². The van der Waals surface area contributed by atoms with Gasteiger partial charge in [0.05, 0.1) is 62.6 Å². The van der Waals surface area contributed by atoms with Crippen molar-refractivity contribution in [3.05, 3.63) is 33.6 Å². The van der Waals surface area contributed by atoms with E-state index in [0.29, 0.717) is 11.2 Å². The second-order valence-corrected chi connectivity index (χ2v) is 14.5. The van der Waals surface area contributed by atoms with Crippen LogP contribution in [0.1, 0.15) is 13.0 Å². The van der Waals surface area contributed by atoms with Crippen molar-refractivity contribution in [3.8, 4) is 5.75 Å². The van der Waals surface area contributed by atoms with E-state index in [1.165, 1.54) is 23.2 Å². The van der Waals surface area contributed by atoms with Crippen molar-refractivity contribution in [1.82, 2.24) is 9.47 Å². The van der Waals surface area contributed by atoms with Crippen molar-refractivity contribution in [2.24, 2.45) is 0 Å². The largest absolute Gasteiger partial charge is 0.478 e. The van der Waals surface area contributed by atoms with Crippen LogP contribution in [-0.4, -0.2) is 98.0 Å². The van der Waals surface area contributed by atoms with E-state index < -0.39 is 44.9 Å². The molecular formula is C23H32ClN3O15P2. The number of anilines is 1. The molecule has 3 heterocycles. The minimum absolute atomic E-state index is 0.109. The van der Waals surface area contributed by atoms with Crippen LogP contribution < -0.4 is 15.1 Å². The van der Waals surface area contributed by atoms with E-state index in [0.717, 1.165) is 28.4 Å². The second kappa shape index (κ2) is 13.7. The zero-order valence-electron chi connectivity index (χ0n) is 24.2. The zero-order chi connectivity index (χ0) is 32.4. The predicted octanol–water partition coefficient (Wildman–Crippen LogP) is 2.53. The maximum Gasteiger partial charge on any atom is 0.429 e. The van der Waals surface area contributed by atoms with E-state index in [2.05, 4.69) is 19.6 Å². The Balaban J connectivity index is 1.69. The summed E-state index contributed by atoms with van der Waals surface area (Å²) in [6.07, 6.45) is 0.247. The number of rotatable bonds is 14. The van der Waals surface area contributed by atoms with Crippen LogP contribution in [0.25, 0.3) is 10.9 Å². The Kier molecular flexibility index (Phi) is 10.8. The fourth-order valence-corrected chi connectivity index (χ4v) is 9.08. The number of carboxylic acids is 1. The topological polar surface area (TPSA) is 203 Å². The highest BCUT2D eigenvalue weighted by Crippen LogP contribution is 2.77. The fraction of sp³-hybridized carbons (Fsp3) is 0.565. The number of piperazine rings is 1. The Morgan fingerprint density at radius 2 is 1.55 bits per heavy atom. The van der Waals surface area contributed by atoms with Gasteiger partial charge < -0.3 is 24.4 Å². The molecule has 246 valence electrons.